The second-order valence-electron chi connectivity index (χ2n) is 7.00. The van der Waals surface area contributed by atoms with Crippen LogP contribution in [0.4, 0.5) is 0 Å². The average Bonchev–Trinajstić information content (AvgIpc) is 2.76. The van der Waals surface area contributed by atoms with Crippen LogP contribution in [-0.4, -0.2) is 21.8 Å². The van der Waals surface area contributed by atoms with Crippen molar-refractivity contribution in [1.29, 1.82) is 0 Å². The number of aliphatic imine (C=N–C) groups is 1. The van der Waals surface area contributed by atoms with E-state index in [0.29, 0.717) is 34.8 Å². The summed E-state index contributed by atoms with van der Waals surface area (Å²) in [4.78, 5) is 17.4. The van der Waals surface area contributed by atoms with Gasteiger partial charge in [-0.15, -0.1) is 0 Å². The highest BCUT2D eigenvalue weighted by molar-refractivity contribution is 6.16. The lowest BCUT2D eigenvalue weighted by Crippen LogP contribution is -2.30. The van der Waals surface area contributed by atoms with E-state index in [0.717, 1.165) is 17.0 Å². The van der Waals surface area contributed by atoms with Crippen molar-refractivity contribution in [1.82, 2.24) is 5.06 Å². The fraction of sp³-hybridized carbons (Fsp3) is 0.120. The molecular formula is C25H22N2O2. The molecule has 0 amide bonds. The monoisotopic (exact) mass is 382 g/mol. The lowest BCUT2D eigenvalue weighted by Gasteiger charge is -2.30. The zero-order valence-corrected chi connectivity index (χ0v) is 16.2. The van der Waals surface area contributed by atoms with Gasteiger partial charge in [0.15, 0.2) is 5.78 Å². The second-order valence-corrected chi connectivity index (χ2v) is 7.00. The first-order valence-electron chi connectivity index (χ1n) is 9.65. The van der Waals surface area contributed by atoms with Crippen molar-refractivity contribution in [3.63, 3.8) is 0 Å². The lowest BCUT2D eigenvalue weighted by atomic mass is 9.95. The van der Waals surface area contributed by atoms with Gasteiger partial charge in [0.1, 0.15) is 5.70 Å². The number of allylic oxidation sites excluding steroid dienone is 7. The number of ketones is 1. The first-order chi connectivity index (χ1) is 14.1. The van der Waals surface area contributed by atoms with Gasteiger partial charge in [-0.25, -0.2) is 10.1 Å². The van der Waals surface area contributed by atoms with Crippen LogP contribution in [0.25, 0.3) is 5.70 Å². The van der Waals surface area contributed by atoms with E-state index in [9.17, 15) is 10.0 Å². The molecule has 0 bridgehead atoms. The molecule has 0 saturated carbocycles. The smallest absolute Gasteiger partial charge is 0.188 e. The highest BCUT2D eigenvalue weighted by atomic mass is 16.5. The summed E-state index contributed by atoms with van der Waals surface area (Å²) in [6.45, 7) is 1.81. The van der Waals surface area contributed by atoms with Gasteiger partial charge in [0.05, 0.1) is 17.1 Å². The number of carbonyl (C=O) groups excluding carboxylic acids is 1. The molecule has 0 radical (unpaired) electrons. The summed E-state index contributed by atoms with van der Waals surface area (Å²) in [7, 11) is 0. The third-order valence-corrected chi connectivity index (χ3v) is 5.08. The minimum absolute atomic E-state index is 0.134. The van der Waals surface area contributed by atoms with Crippen LogP contribution in [-0.2, 0) is 11.2 Å². The minimum atomic E-state index is -0.134. The van der Waals surface area contributed by atoms with Crippen LogP contribution in [0.1, 0.15) is 24.5 Å². The first kappa shape index (κ1) is 18.8. The van der Waals surface area contributed by atoms with Gasteiger partial charge in [-0.2, -0.15) is 0 Å². The number of hydroxylamine groups is 2. The molecule has 2 aromatic rings. The summed E-state index contributed by atoms with van der Waals surface area (Å²) in [5.41, 5.74) is 5.03. The molecule has 144 valence electrons. The summed E-state index contributed by atoms with van der Waals surface area (Å²) >= 11 is 0. The molecule has 0 unspecified atom stereocenters. The van der Waals surface area contributed by atoms with Crippen molar-refractivity contribution in [2.75, 3.05) is 0 Å². The molecule has 4 heteroatoms. The molecule has 29 heavy (non-hydrogen) atoms. The van der Waals surface area contributed by atoms with Crippen LogP contribution in [0.15, 0.2) is 107 Å². The third kappa shape index (κ3) is 3.89. The summed E-state index contributed by atoms with van der Waals surface area (Å²) < 4.78 is 0. The Hall–Kier alpha value is -3.50. The molecule has 0 fully saturated rings. The van der Waals surface area contributed by atoms with E-state index in [2.05, 4.69) is 12.1 Å². The van der Waals surface area contributed by atoms with Gasteiger partial charge in [0, 0.05) is 11.1 Å². The van der Waals surface area contributed by atoms with Crippen LogP contribution in [0.3, 0.4) is 0 Å². The van der Waals surface area contributed by atoms with E-state index in [-0.39, 0.29) is 5.78 Å². The fourth-order valence-electron chi connectivity index (χ4n) is 3.54. The van der Waals surface area contributed by atoms with Crippen molar-refractivity contribution < 1.29 is 10.0 Å². The predicted molar refractivity (Wildman–Crippen MR) is 115 cm³/mol. The van der Waals surface area contributed by atoms with E-state index in [4.69, 9.17) is 4.99 Å². The molecule has 0 atom stereocenters. The maximum absolute atomic E-state index is 12.5. The van der Waals surface area contributed by atoms with Crippen molar-refractivity contribution in [2.24, 2.45) is 4.99 Å². The first-order valence-corrected chi connectivity index (χ1v) is 9.65. The van der Waals surface area contributed by atoms with Gasteiger partial charge >= 0.3 is 0 Å². The highest BCUT2D eigenvalue weighted by Gasteiger charge is 2.29. The Morgan fingerprint density at radius 2 is 1.55 bits per heavy atom. The number of aryl methyl sites for hydroxylation is 1. The molecule has 0 spiro atoms. The average molecular weight is 382 g/mol. The van der Waals surface area contributed by atoms with Gasteiger partial charge in [-0.05, 0) is 37.5 Å². The number of carbonyl (C=O) groups is 1. The molecule has 1 aliphatic heterocycles. The van der Waals surface area contributed by atoms with Crippen LogP contribution in [0.2, 0.25) is 0 Å². The van der Waals surface area contributed by atoms with E-state index in [1.807, 2.05) is 55.5 Å². The number of hydrogen-bond donors (Lipinski definition) is 1. The summed E-state index contributed by atoms with van der Waals surface area (Å²) in [6.07, 6.45) is 8.12. The van der Waals surface area contributed by atoms with Crippen LogP contribution in [0.5, 0.6) is 0 Å². The van der Waals surface area contributed by atoms with Crippen LogP contribution >= 0.6 is 0 Å². The lowest BCUT2D eigenvalue weighted by molar-refractivity contribution is -0.111. The van der Waals surface area contributed by atoms with Crippen LogP contribution in [0, 0.1) is 0 Å². The Kier molecular flexibility index (Phi) is 5.36. The number of hydrogen-bond acceptors (Lipinski definition) is 4. The Morgan fingerprint density at radius 3 is 2.24 bits per heavy atom. The zero-order valence-electron chi connectivity index (χ0n) is 16.2. The van der Waals surface area contributed by atoms with E-state index >= 15 is 0 Å². The van der Waals surface area contributed by atoms with Crippen molar-refractivity contribution >= 4 is 17.2 Å². The second kappa shape index (κ2) is 8.25. The van der Waals surface area contributed by atoms with Gasteiger partial charge < -0.3 is 0 Å². The third-order valence-electron chi connectivity index (χ3n) is 5.08. The number of rotatable bonds is 4. The van der Waals surface area contributed by atoms with Crippen molar-refractivity contribution in [3.05, 3.63) is 113 Å². The fourth-order valence-corrected chi connectivity index (χ4v) is 3.54. The molecule has 0 saturated heterocycles. The maximum Gasteiger partial charge on any atom is 0.188 e. The molecule has 4 rings (SSSR count). The minimum Gasteiger partial charge on any atom is -0.289 e. The van der Waals surface area contributed by atoms with E-state index < -0.39 is 0 Å². The van der Waals surface area contributed by atoms with Gasteiger partial charge in [0.2, 0.25) is 0 Å². The predicted octanol–water partition coefficient (Wildman–Crippen LogP) is 5.10. The quantitative estimate of drug-likeness (QED) is 0.748. The highest BCUT2D eigenvalue weighted by Crippen LogP contribution is 2.33. The van der Waals surface area contributed by atoms with Gasteiger partial charge in [0.25, 0.3) is 0 Å². The van der Waals surface area contributed by atoms with Gasteiger partial charge in [-0.1, -0.05) is 72.8 Å². The SMILES string of the molecule is CC1=C(c2ccccc2)N=C(CCc2ccccc2)/C(=C2\C=CC=CC2=O)N1O. The maximum atomic E-state index is 12.5. The van der Waals surface area contributed by atoms with Crippen molar-refractivity contribution in [2.45, 2.75) is 19.8 Å². The van der Waals surface area contributed by atoms with E-state index in [1.54, 1.807) is 18.2 Å². The summed E-state index contributed by atoms with van der Waals surface area (Å²) in [6, 6.07) is 19.9. The zero-order chi connectivity index (χ0) is 20.2. The van der Waals surface area contributed by atoms with Gasteiger partial charge in [-0.3, -0.25) is 10.0 Å². The Morgan fingerprint density at radius 1 is 0.897 bits per heavy atom. The van der Waals surface area contributed by atoms with Crippen LogP contribution < -0.4 is 0 Å². The van der Waals surface area contributed by atoms with E-state index in [1.165, 1.54) is 11.6 Å². The standard InChI is InChI=1S/C25H22N2O2/c1-18-24(20-12-6-3-7-13-20)26-22(17-16-19-10-4-2-5-11-19)25(27(18)29)21-14-8-9-15-23(21)28/h2-15,29H,16-17H2,1H3/b25-21-. The molecule has 1 heterocycles. The molecule has 4 nitrogen and oxygen atoms in total. The summed E-state index contributed by atoms with van der Waals surface area (Å²) in [5.74, 6) is -0.134. The molecular weight excluding hydrogens is 360 g/mol. The molecule has 0 aromatic heterocycles. The van der Waals surface area contributed by atoms with Crippen molar-refractivity contribution in [3.8, 4) is 0 Å². The Balaban J connectivity index is 1.79. The Bertz CT molecular complexity index is 1070. The number of nitrogens with zero attached hydrogens (tertiary/aromatic N) is 2. The topological polar surface area (TPSA) is 52.9 Å². The Labute approximate surface area is 170 Å². The number of benzene rings is 2. The largest absolute Gasteiger partial charge is 0.289 e. The molecule has 2 aliphatic rings. The molecule has 1 N–H and O–H groups in total. The molecule has 1 aliphatic carbocycles. The molecule has 2 aromatic carbocycles. The summed E-state index contributed by atoms with van der Waals surface area (Å²) in [5, 5.41) is 12.2. The normalized spacial score (nSPS) is 19.0.